The number of hydrogen-bond acceptors (Lipinski definition) is 0. The van der Waals surface area contributed by atoms with Crippen LogP contribution in [0, 0.1) is 12.7 Å². The van der Waals surface area contributed by atoms with Gasteiger partial charge in [0.05, 0.1) is 12.6 Å². The van der Waals surface area contributed by atoms with E-state index in [1.54, 1.807) is 12.1 Å². The van der Waals surface area contributed by atoms with Crippen LogP contribution in [0.2, 0.25) is 0 Å². The summed E-state index contributed by atoms with van der Waals surface area (Å²) in [6, 6.07) is 11.7. The number of benzene rings is 2. The zero-order valence-corrected chi connectivity index (χ0v) is 15.9. The van der Waals surface area contributed by atoms with Gasteiger partial charge in [-0.2, -0.15) is 0 Å². The van der Waals surface area contributed by atoms with E-state index >= 15 is 0 Å². The molecule has 2 heterocycles. The minimum atomic E-state index is -0.181. The molecular weight excluding hydrogens is 311 g/mol. The van der Waals surface area contributed by atoms with Crippen LogP contribution >= 0.6 is 0 Å². The van der Waals surface area contributed by atoms with Crippen molar-refractivity contribution in [2.24, 2.45) is 7.05 Å². The van der Waals surface area contributed by atoms with Gasteiger partial charge in [-0.05, 0) is 62.4 Å². The van der Waals surface area contributed by atoms with Crippen molar-refractivity contribution in [1.82, 2.24) is 4.57 Å². The van der Waals surface area contributed by atoms with Crippen LogP contribution in [0.15, 0.2) is 36.4 Å². The maximum atomic E-state index is 13.7. The Morgan fingerprint density at radius 1 is 1.08 bits per heavy atom. The molecule has 2 aromatic carbocycles. The van der Waals surface area contributed by atoms with E-state index in [0.29, 0.717) is 0 Å². The Morgan fingerprint density at radius 2 is 1.80 bits per heavy atom. The van der Waals surface area contributed by atoms with E-state index in [1.807, 2.05) is 13.0 Å². The number of rotatable bonds is 1. The number of imidazole rings is 1. The summed E-state index contributed by atoms with van der Waals surface area (Å²) in [6.07, 6.45) is 1.06. The summed E-state index contributed by atoms with van der Waals surface area (Å²) in [5, 5.41) is 0. The van der Waals surface area contributed by atoms with Crippen LogP contribution in [0.4, 0.5) is 4.39 Å². The number of aryl methyl sites for hydroxylation is 2. The lowest BCUT2D eigenvalue weighted by Gasteiger charge is -2.38. The highest BCUT2D eigenvalue weighted by atomic mass is 19.1. The van der Waals surface area contributed by atoms with Crippen molar-refractivity contribution >= 4 is 11.0 Å². The molecule has 0 saturated carbocycles. The Hall–Kier alpha value is -2.16. The Kier molecular flexibility index (Phi) is 3.22. The molecule has 25 heavy (non-hydrogen) atoms. The summed E-state index contributed by atoms with van der Waals surface area (Å²) in [7, 11) is 2.12. The molecule has 0 atom stereocenters. The lowest BCUT2D eigenvalue weighted by molar-refractivity contribution is -0.730. The minimum absolute atomic E-state index is 0.0203. The number of hydrogen-bond donors (Lipinski definition) is 0. The number of para-hydroxylation sites is 1. The molecule has 4 rings (SSSR count). The third-order valence-corrected chi connectivity index (χ3v) is 5.77. The van der Waals surface area contributed by atoms with E-state index in [0.717, 1.165) is 23.4 Å². The average Bonchev–Trinajstić information content (AvgIpc) is 2.79. The smallest absolute Gasteiger partial charge is 0.226 e. The largest absolute Gasteiger partial charge is 0.290 e. The van der Waals surface area contributed by atoms with E-state index in [-0.39, 0.29) is 16.8 Å². The molecule has 0 bridgehead atoms. The van der Waals surface area contributed by atoms with E-state index in [2.05, 4.69) is 62.1 Å². The summed E-state index contributed by atoms with van der Waals surface area (Å²) in [4.78, 5) is 0. The van der Waals surface area contributed by atoms with Crippen LogP contribution < -0.4 is 4.57 Å². The standard InChI is InChI=1S/C22H26FN2/c1-14-12-15(23)10-11-16(14)20-24(6)18-9-7-8-17-19(18)25(20)22(4,5)13-21(17,2)3/h7-12H,13H2,1-6H3/q+1. The van der Waals surface area contributed by atoms with Gasteiger partial charge in [0, 0.05) is 5.56 Å². The molecule has 3 heteroatoms. The zero-order valence-electron chi connectivity index (χ0n) is 15.9. The van der Waals surface area contributed by atoms with Crippen molar-refractivity contribution in [2.45, 2.75) is 52.0 Å². The molecule has 0 spiro atoms. The van der Waals surface area contributed by atoms with Crippen molar-refractivity contribution in [3.8, 4) is 11.4 Å². The highest BCUT2D eigenvalue weighted by Crippen LogP contribution is 2.43. The average molecular weight is 337 g/mol. The normalized spacial score (nSPS) is 17.9. The van der Waals surface area contributed by atoms with Gasteiger partial charge in [-0.3, -0.25) is 0 Å². The van der Waals surface area contributed by atoms with Crippen LogP contribution in [-0.2, 0) is 18.0 Å². The van der Waals surface area contributed by atoms with Crippen LogP contribution in [0.1, 0.15) is 45.2 Å². The Balaban J connectivity index is 2.19. The van der Waals surface area contributed by atoms with E-state index in [9.17, 15) is 4.39 Å². The molecule has 0 radical (unpaired) electrons. The molecular formula is C22H26FN2+. The highest BCUT2D eigenvalue weighted by molar-refractivity contribution is 5.81. The molecule has 3 aromatic rings. The molecule has 130 valence electrons. The molecule has 0 aliphatic carbocycles. The van der Waals surface area contributed by atoms with Crippen molar-refractivity contribution in [2.75, 3.05) is 0 Å². The zero-order chi connectivity index (χ0) is 18.1. The quantitative estimate of drug-likeness (QED) is 0.553. The van der Waals surface area contributed by atoms with E-state index in [4.69, 9.17) is 0 Å². The number of aromatic nitrogens is 2. The van der Waals surface area contributed by atoms with Crippen molar-refractivity contribution in [1.29, 1.82) is 0 Å². The second kappa shape index (κ2) is 4.94. The predicted molar refractivity (Wildman–Crippen MR) is 100 cm³/mol. The fourth-order valence-electron chi connectivity index (χ4n) is 4.98. The van der Waals surface area contributed by atoms with Gasteiger partial charge < -0.3 is 0 Å². The maximum absolute atomic E-state index is 13.7. The first-order valence-corrected chi connectivity index (χ1v) is 8.94. The van der Waals surface area contributed by atoms with Crippen LogP contribution in [0.3, 0.4) is 0 Å². The third-order valence-electron chi connectivity index (χ3n) is 5.77. The van der Waals surface area contributed by atoms with Gasteiger partial charge in [-0.1, -0.05) is 26.0 Å². The fourth-order valence-corrected chi connectivity index (χ4v) is 4.98. The van der Waals surface area contributed by atoms with Crippen molar-refractivity contribution in [3.05, 3.63) is 53.3 Å². The summed E-state index contributed by atoms with van der Waals surface area (Å²) in [5.74, 6) is 0.972. The topological polar surface area (TPSA) is 8.81 Å². The molecule has 1 aromatic heterocycles. The van der Waals surface area contributed by atoms with Crippen LogP contribution in [0.25, 0.3) is 22.4 Å². The molecule has 0 amide bonds. The van der Waals surface area contributed by atoms with Gasteiger partial charge in [0.2, 0.25) is 0 Å². The lowest BCUT2D eigenvalue weighted by atomic mass is 9.71. The summed E-state index contributed by atoms with van der Waals surface area (Å²) < 4.78 is 18.4. The fraction of sp³-hybridized carbons (Fsp3) is 0.409. The second-order valence-corrected chi connectivity index (χ2v) is 8.72. The summed E-state index contributed by atoms with van der Waals surface area (Å²) >= 11 is 0. The lowest BCUT2D eigenvalue weighted by Crippen LogP contribution is -2.59. The first-order valence-electron chi connectivity index (χ1n) is 8.94. The Labute approximate surface area is 148 Å². The van der Waals surface area contributed by atoms with Crippen LogP contribution in [0.5, 0.6) is 0 Å². The first-order chi connectivity index (χ1) is 11.6. The Bertz CT molecular complexity index is 1010. The van der Waals surface area contributed by atoms with Gasteiger partial charge in [0.1, 0.15) is 11.4 Å². The van der Waals surface area contributed by atoms with Crippen molar-refractivity contribution < 1.29 is 8.96 Å². The van der Waals surface area contributed by atoms with E-state index < -0.39 is 0 Å². The first kappa shape index (κ1) is 16.3. The number of halogens is 1. The van der Waals surface area contributed by atoms with E-state index in [1.165, 1.54) is 16.6 Å². The van der Waals surface area contributed by atoms with Gasteiger partial charge in [0.25, 0.3) is 5.82 Å². The predicted octanol–water partition coefficient (Wildman–Crippen LogP) is 5.00. The summed E-state index contributed by atoms with van der Waals surface area (Å²) in [5.41, 5.74) is 6.11. The minimum Gasteiger partial charge on any atom is -0.226 e. The van der Waals surface area contributed by atoms with Gasteiger partial charge in [-0.15, -0.1) is 0 Å². The van der Waals surface area contributed by atoms with Gasteiger partial charge in [0.15, 0.2) is 11.0 Å². The van der Waals surface area contributed by atoms with Gasteiger partial charge >= 0.3 is 0 Å². The second-order valence-electron chi connectivity index (χ2n) is 8.72. The third kappa shape index (κ3) is 2.18. The maximum Gasteiger partial charge on any atom is 0.290 e. The molecule has 2 nitrogen and oxygen atoms in total. The van der Waals surface area contributed by atoms with Crippen LogP contribution in [-0.4, -0.2) is 4.57 Å². The summed E-state index contributed by atoms with van der Waals surface area (Å²) in [6.45, 7) is 11.3. The molecule has 0 N–H and O–H groups in total. The van der Waals surface area contributed by atoms with Crippen molar-refractivity contribution in [3.63, 3.8) is 0 Å². The SMILES string of the molecule is Cc1cc(F)ccc1-c1n(C)c2cccc3c2[n+]1C(C)(C)CC3(C)C. The Morgan fingerprint density at radius 3 is 2.48 bits per heavy atom. The molecule has 1 aliphatic heterocycles. The monoisotopic (exact) mass is 337 g/mol. The van der Waals surface area contributed by atoms with Gasteiger partial charge in [-0.25, -0.2) is 13.5 Å². The molecule has 0 unspecified atom stereocenters. The number of nitrogens with zero attached hydrogens (tertiary/aromatic N) is 2. The molecule has 0 saturated heterocycles. The highest BCUT2D eigenvalue weighted by Gasteiger charge is 2.46. The molecule has 0 fully saturated rings. The molecule has 1 aliphatic rings.